The number of hydrogen-bond acceptors (Lipinski definition) is 3. The molecule has 0 spiro atoms. The third-order valence-electron chi connectivity index (χ3n) is 4.46. The lowest BCUT2D eigenvalue weighted by Gasteiger charge is -2.17. The number of aromatic nitrogens is 1. The summed E-state index contributed by atoms with van der Waals surface area (Å²) >= 11 is 5.80. The maximum atomic E-state index is 14.2. The van der Waals surface area contributed by atoms with Crippen LogP contribution in [-0.4, -0.2) is 20.7 Å². The Kier molecular flexibility index (Phi) is 4.93. The van der Waals surface area contributed by atoms with Gasteiger partial charge in [0.15, 0.2) is 0 Å². The second-order valence-corrected chi connectivity index (χ2v) is 6.94. The van der Waals surface area contributed by atoms with E-state index in [1.54, 1.807) is 22.8 Å². The van der Waals surface area contributed by atoms with Crippen LogP contribution in [0, 0.1) is 5.82 Å². The topological polar surface area (TPSA) is 79.5 Å². The Labute approximate surface area is 159 Å². The van der Waals surface area contributed by atoms with Crippen LogP contribution in [0.15, 0.2) is 41.3 Å². The minimum atomic E-state index is -1.37. The third kappa shape index (κ3) is 3.28. The molecule has 0 unspecified atom stereocenters. The van der Waals surface area contributed by atoms with E-state index in [-0.39, 0.29) is 34.2 Å². The highest BCUT2D eigenvalue weighted by molar-refractivity contribution is 6.30. The normalized spacial score (nSPS) is 11.3. The Morgan fingerprint density at radius 1 is 1.22 bits per heavy atom. The molecule has 140 valence electrons. The highest BCUT2D eigenvalue weighted by Gasteiger charge is 2.20. The van der Waals surface area contributed by atoms with E-state index in [1.165, 1.54) is 18.3 Å². The fourth-order valence-corrected chi connectivity index (χ4v) is 3.27. The van der Waals surface area contributed by atoms with Gasteiger partial charge in [0.2, 0.25) is 5.43 Å². The number of fused-ring (bicyclic) bond motifs is 1. The second-order valence-electron chi connectivity index (χ2n) is 6.54. The van der Waals surface area contributed by atoms with Crippen molar-refractivity contribution in [2.24, 2.45) is 0 Å². The number of aromatic hydroxyl groups is 1. The van der Waals surface area contributed by atoms with Crippen molar-refractivity contribution in [2.75, 3.05) is 0 Å². The van der Waals surface area contributed by atoms with Gasteiger partial charge in [0.05, 0.1) is 15.9 Å². The maximum absolute atomic E-state index is 14.2. The van der Waals surface area contributed by atoms with Crippen molar-refractivity contribution >= 4 is 28.5 Å². The van der Waals surface area contributed by atoms with Gasteiger partial charge in [-0.15, -0.1) is 0 Å². The fraction of sp³-hybridized carbons (Fsp3) is 0.200. The molecule has 0 saturated heterocycles. The first-order valence-corrected chi connectivity index (χ1v) is 8.66. The van der Waals surface area contributed by atoms with E-state index in [1.807, 2.05) is 13.8 Å². The third-order valence-corrected chi connectivity index (χ3v) is 4.75. The van der Waals surface area contributed by atoms with Crippen molar-refractivity contribution in [3.63, 3.8) is 0 Å². The molecule has 0 radical (unpaired) electrons. The van der Waals surface area contributed by atoms with Crippen LogP contribution in [0.5, 0.6) is 5.75 Å². The van der Waals surface area contributed by atoms with Gasteiger partial charge in [-0.25, -0.2) is 9.18 Å². The van der Waals surface area contributed by atoms with Crippen LogP contribution in [-0.2, 0) is 6.42 Å². The van der Waals surface area contributed by atoms with Crippen molar-refractivity contribution in [2.45, 2.75) is 26.3 Å². The molecule has 7 heteroatoms. The molecule has 1 heterocycles. The van der Waals surface area contributed by atoms with E-state index in [0.717, 1.165) is 0 Å². The lowest BCUT2D eigenvalue weighted by atomic mass is 9.99. The molecule has 2 aromatic carbocycles. The van der Waals surface area contributed by atoms with Crippen LogP contribution in [0.1, 0.15) is 41.4 Å². The Morgan fingerprint density at radius 2 is 1.93 bits per heavy atom. The summed E-state index contributed by atoms with van der Waals surface area (Å²) < 4.78 is 15.8. The minimum Gasteiger partial charge on any atom is -0.507 e. The number of carbonyl (C=O) groups is 1. The van der Waals surface area contributed by atoms with E-state index < -0.39 is 22.8 Å². The Hall–Kier alpha value is -2.86. The van der Waals surface area contributed by atoms with Crippen LogP contribution in [0.25, 0.3) is 10.9 Å². The summed E-state index contributed by atoms with van der Waals surface area (Å²) in [5.41, 5.74) is -0.236. The lowest BCUT2D eigenvalue weighted by Crippen LogP contribution is -2.20. The molecule has 3 rings (SSSR count). The van der Waals surface area contributed by atoms with E-state index in [9.17, 15) is 24.2 Å². The van der Waals surface area contributed by atoms with Crippen LogP contribution < -0.4 is 5.43 Å². The summed E-state index contributed by atoms with van der Waals surface area (Å²) in [7, 11) is 0. The van der Waals surface area contributed by atoms with Gasteiger partial charge < -0.3 is 14.8 Å². The summed E-state index contributed by atoms with van der Waals surface area (Å²) in [6.45, 7) is 3.67. The molecule has 0 aliphatic rings. The lowest BCUT2D eigenvalue weighted by molar-refractivity contribution is 0.0694. The molecule has 0 aliphatic heterocycles. The molecule has 27 heavy (non-hydrogen) atoms. The Balaban J connectivity index is 2.28. The predicted octanol–water partition coefficient (Wildman–Crippen LogP) is 4.37. The number of carboxylic acid groups (broad SMARTS) is 1. The summed E-state index contributed by atoms with van der Waals surface area (Å²) in [5.74, 6) is -2.33. The van der Waals surface area contributed by atoms with Gasteiger partial charge in [-0.1, -0.05) is 29.8 Å². The molecule has 0 fully saturated rings. The number of rotatable bonds is 4. The molecular formula is C20H17ClFNO4. The first kappa shape index (κ1) is 18.9. The molecule has 0 saturated carbocycles. The number of halogens is 2. The standard InChI is InChI=1S/C20H17ClFNO4/c1-10(2)23-9-13(20(26)27)19(25)16-15(23)7-6-12(18(16)24)8-11-4-3-5-14(21)17(11)22/h3-7,9-10,24H,8H2,1-2H3,(H,26,27). The van der Waals surface area contributed by atoms with Crippen LogP contribution in [0.4, 0.5) is 4.39 Å². The highest BCUT2D eigenvalue weighted by atomic mass is 35.5. The molecule has 5 nitrogen and oxygen atoms in total. The quantitative estimate of drug-likeness (QED) is 0.694. The van der Waals surface area contributed by atoms with E-state index in [4.69, 9.17) is 11.6 Å². The van der Waals surface area contributed by atoms with Crippen LogP contribution in [0.2, 0.25) is 5.02 Å². The summed E-state index contributed by atoms with van der Waals surface area (Å²) in [6.07, 6.45) is 1.28. The van der Waals surface area contributed by atoms with Gasteiger partial charge in [-0.2, -0.15) is 0 Å². The first-order chi connectivity index (χ1) is 12.7. The SMILES string of the molecule is CC(C)n1cc(C(=O)O)c(=O)c2c(O)c(Cc3cccc(Cl)c3F)ccc21. The van der Waals surface area contributed by atoms with Crippen molar-refractivity contribution in [3.05, 3.63) is 74.3 Å². The van der Waals surface area contributed by atoms with Crippen LogP contribution in [0.3, 0.4) is 0 Å². The van der Waals surface area contributed by atoms with Crippen molar-refractivity contribution in [3.8, 4) is 5.75 Å². The molecule has 2 N–H and O–H groups in total. The van der Waals surface area contributed by atoms with Gasteiger partial charge in [-0.05, 0) is 37.1 Å². The Morgan fingerprint density at radius 3 is 2.56 bits per heavy atom. The average molecular weight is 390 g/mol. The van der Waals surface area contributed by atoms with Crippen LogP contribution >= 0.6 is 11.6 Å². The number of hydrogen-bond donors (Lipinski definition) is 2. The minimum absolute atomic E-state index is 0.00653. The smallest absolute Gasteiger partial charge is 0.341 e. The molecular weight excluding hydrogens is 373 g/mol. The zero-order valence-corrected chi connectivity index (χ0v) is 15.4. The Bertz CT molecular complexity index is 1120. The van der Waals surface area contributed by atoms with Gasteiger partial charge in [0.25, 0.3) is 0 Å². The monoisotopic (exact) mass is 389 g/mol. The number of carboxylic acids is 1. The predicted molar refractivity (Wildman–Crippen MR) is 101 cm³/mol. The largest absolute Gasteiger partial charge is 0.507 e. The van der Waals surface area contributed by atoms with E-state index in [2.05, 4.69) is 0 Å². The molecule has 0 amide bonds. The number of pyridine rings is 1. The van der Waals surface area contributed by atoms with Gasteiger partial charge in [-0.3, -0.25) is 4.79 Å². The van der Waals surface area contributed by atoms with Crippen molar-refractivity contribution in [1.29, 1.82) is 0 Å². The van der Waals surface area contributed by atoms with E-state index >= 15 is 0 Å². The van der Waals surface area contributed by atoms with E-state index in [0.29, 0.717) is 11.1 Å². The summed E-state index contributed by atoms with van der Waals surface area (Å²) in [6, 6.07) is 7.62. The van der Waals surface area contributed by atoms with Crippen molar-refractivity contribution < 1.29 is 19.4 Å². The number of phenols is 1. The number of aromatic carboxylic acids is 1. The van der Waals surface area contributed by atoms with Gasteiger partial charge in [0.1, 0.15) is 17.1 Å². The van der Waals surface area contributed by atoms with Gasteiger partial charge >= 0.3 is 5.97 Å². The summed E-state index contributed by atoms with van der Waals surface area (Å²) in [5, 5.41) is 19.9. The molecule has 1 aromatic heterocycles. The maximum Gasteiger partial charge on any atom is 0.341 e. The number of benzene rings is 2. The van der Waals surface area contributed by atoms with Crippen molar-refractivity contribution in [1.82, 2.24) is 4.57 Å². The highest BCUT2D eigenvalue weighted by Crippen LogP contribution is 2.31. The molecule has 0 atom stereocenters. The zero-order valence-electron chi connectivity index (χ0n) is 14.7. The molecule has 3 aromatic rings. The zero-order chi connectivity index (χ0) is 19.9. The first-order valence-electron chi connectivity index (χ1n) is 8.28. The second kappa shape index (κ2) is 7.04. The number of nitrogens with zero attached hydrogens (tertiary/aromatic N) is 1. The van der Waals surface area contributed by atoms with Gasteiger partial charge in [0, 0.05) is 18.7 Å². The number of phenolic OH excluding ortho intramolecular Hbond substituents is 1. The fourth-order valence-electron chi connectivity index (χ4n) is 3.08. The molecule has 0 aliphatic carbocycles. The summed E-state index contributed by atoms with van der Waals surface area (Å²) in [4.78, 5) is 24.1. The average Bonchev–Trinajstić information content (AvgIpc) is 2.60. The molecule has 0 bridgehead atoms.